The molecule has 0 saturated carbocycles. The summed E-state index contributed by atoms with van der Waals surface area (Å²) in [5.41, 5.74) is -0.380. The lowest BCUT2D eigenvalue weighted by molar-refractivity contribution is 0.191. The Bertz CT molecular complexity index is 291. The molecule has 1 N–H and O–H groups in total. The van der Waals surface area contributed by atoms with E-state index in [4.69, 9.17) is 0 Å². The van der Waals surface area contributed by atoms with Crippen molar-refractivity contribution in [3.63, 3.8) is 0 Å². The highest BCUT2D eigenvalue weighted by molar-refractivity contribution is 5.04. The summed E-state index contributed by atoms with van der Waals surface area (Å²) >= 11 is 0. The topological polar surface area (TPSA) is 39.1 Å². The van der Waals surface area contributed by atoms with Gasteiger partial charge in [-0.2, -0.15) is 5.26 Å². The minimum absolute atomic E-state index is 0.354. The van der Waals surface area contributed by atoms with Crippen LogP contribution in [0.1, 0.15) is 67.7 Å². The molecule has 0 aromatic rings. The fraction of sp³-hybridized carbons (Fsp3) is 0.941. The maximum Gasteiger partial charge on any atom is 0.104 e. The van der Waals surface area contributed by atoms with Gasteiger partial charge >= 0.3 is 0 Å². The van der Waals surface area contributed by atoms with Crippen LogP contribution in [-0.4, -0.2) is 35.6 Å². The van der Waals surface area contributed by atoms with E-state index >= 15 is 0 Å². The van der Waals surface area contributed by atoms with Crippen LogP contribution < -0.4 is 5.32 Å². The Kier molecular flexibility index (Phi) is 9.09. The predicted molar refractivity (Wildman–Crippen MR) is 87.7 cm³/mol. The quantitative estimate of drug-likeness (QED) is 0.619. The number of nitrogens with zero attached hydrogens (tertiary/aromatic N) is 2. The van der Waals surface area contributed by atoms with Crippen molar-refractivity contribution in [2.75, 3.05) is 13.1 Å². The van der Waals surface area contributed by atoms with Gasteiger partial charge in [-0.05, 0) is 66.3 Å². The highest BCUT2D eigenvalue weighted by atomic mass is 15.1. The highest BCUT2D eigenvalue weighted by Crippen LogP contribution is 2.15. The Morgan fingerprint density at radius 1 is 1.10 bits per heavy atom. The molecule has 0 aromatic carbocycles. The molecule has 0 aliphatic carbocycles. The van der Waals surface area contributed by atoms with Crippen molar-refractivity contribution in [2.45, 2.75) is 85.4 Å². The van der Waals surface area contributed by atoms with Gasteiger partial charge in [0.05, 0.1) is 6.07 Å². The maximum absolute atomic E-state index is 9.33. The molecule has 0 aliphatic heterocycles. The van der Waals surface area contributed by atoms with Gasteiger partial charge in [-0.3, -0.25) is 5.32 Å². The normalized spacial score (nSPS) is 15.1. The molecule has 1 atom stereocenters. The summed E-state index contributed by atoms with van der Waals surface area (Å²) in [7, 11) is 0. The molecule has 0 saturated heterocycles. The van der Waals surface area contributed by atoms with Crippen LogP contribution in [0.15, 0.2) is 0 Å². The zero-order valence-corrected chi connectivity index (χ0v) is 14.7. The van der Waals surface area contributed by atoms with Crippen molar-refractivity contribution < 1.29 is 0 Å². The molecule has 0 bridgehead atoms. The van der Waals surface area contributed by atoms with Crippen LogP contribution in [0.2, 0.25) is 0 Å². The molecular weight excluding hydrogens is 246 g/mol. The second kappa shape index (κ2) is 9.37. The Balaban J connectivity index is 4.12. The molecular formula is C17H35N3. The molecule has 0 radical (unpaired) electrons. The molecule has 0 aliphatic rings. The fourth-order valence-corrected chi connectivity index (χ4v) is 2.62. The van der Waals surface area contributed by atoms with Gasteiger partial charge in [0.2, 0.25) is 0 Å². The largest absolute Gasteiger partial charge is 0.301 e. The van der Waals surface area contributed by atoms with E-state index in [0.29, 0.717) is 18.0 Å². The first kappa shape index (κ1) is 19.4. The zero-order valence-electron chi connectivity index (χ0n) is 14.7. The standard InChI is InChI=1S/C17H35N3/c1-14(2)12-20(16(5)6)11-9-8-10-17(7,13-18)19-15(3)4/h14-16,19H,8-12H2,1-7H3. The molecule has 1 unspecified atom stereocenters. The number of hydrogen-bond donors (Lipinski definition) is 1. The zero-order chi connectivity index (χ0) is 15.8. The molecule has 0 aromatic heterocycles. The van der Waals surface area contributed by atoms with E-state index in [2.05, 4.69) is 57.8 Å². The van der Waals surface area contributed by atoms with E-state index in [1.165, 1.54) is 6.42 Å². The number of nitrogens with one attached hydrogen (secondary N) is 1. The highest BCUT2D eigenvalue weighted by Gasteiger charge is 2.23. The first-order valence-electron chi connectivity index (χ1n) is 8.13. The third-order valence-corrected chi connectivity index (χ3v) is 3.56. The lowest BCUT2D eigenvalue weighted by Crippen LogP contribution is -2.45. The van der Waals surface area contributed by atoms with Gasteiger partial charge in [-0.25, -0.2) is 0 Å². The first-order chi connectivity index (χ1) is 9.20. The molecule has 3 nitrogen and oxygen atoms in total. The first-order valence-corrected chi connectivity index (χ1v) is 8.13. The second-order valence-electron chi connectivity index (χ2n) is 7.18. The monoisotopic (exact) mass is 281 g/mol. The molecule has 20 heavy (non-hydrogen) atoms. The van der Waals surface area contributed by atoms with Crippen molar-refractivity contribution in [2.24, 2.45) is 5.92 Å². The fourth-order valence-electron chi connectivity index (χ4n) is 2.62. The van der Waals surface area contributed by atoms with E-state index in [-0.39, 0.29) is 5.54 Å². The molecule has 3 heteroatoms. The van der Waals surface area contributed by atoms with E-state index in [1.54, 1.807) is 0 Å². The summed E-state index contributed by atoms with van der Waals surface area (Å²) in [5, 5.41) is 12.7. The van der Waals surface area contributed by atoms with Crippen LogP contribution in [0.5, 0.6) is 0 Å². The Morgan fingerprint density at radius 2 is 1.70 bits per heavy atom. The van der Waals surface area contributed by atoms with Crippen molar-refractivity contribution in [3.05, 3.63) is 0 Å². The van der Waals surface area contributed by atoms with Crippen LogP contribution in [0, 0.1) is 17.2 Å². The third-order valence-electron chi connectivity index (χ3n) is 3.56. The van der Waals surface area contributed by atoms with Gasteiger partial charge in [0.25, 0.3) is 0 Å². The van der Waals surface area contributed by atoms with Gasteiger partial charge in [0.1, 0.15) is 5.54 Å². The van der Waals surface area contributed by atoms with Crippen LogP contribution >= 0.6 is 0 Å². The number of hydrogen-bond acceptors (Lipinski definition) is 3. The van der Waals surface area contributed by atoms with Crippen LogP contribution in [0.25, 0.3) is 0 Å². The Morgan fingerprint density at radius 3 is 2.10 bits per heavy atom. The van der Waals surface area contributed by atoms with Crippen LogP contribution in [0.3, 0.4) is 0 Å². The van der Waals surface area contributed by atoms with E-state index in [9.17, 15) is 5.26 Å². The lowest BCUT2D eigenvalue weighted by atomic mass is 9.95. The van der Waals surface area contributed by atoms with Crippen LogP contribution in [0.4, 0.5) is 0 Å². The summed E-state index contributed by atoms with van der Waals surface area (Å²) in [5.74, 6) is 0.712. The summed E-state index contributed by atoms with van der Waals surface area (Å²) in [6, 6.07) is 3.39. The van der Waals surface area contributed by atoms with Gasteiger partial charge in [0.15, 0.2) is 0 Å². The molecule has 0 rings (SSSR count). The van der Waals surface area contributed by atoms with E-state index in [1.807, 2.05) is 6.92 Å². The molecule has 0 fully saturated rings. The van der Waals surface area contributed by atoms with E-state index < -0.39 is 0 Å². The molecule has 0 amide bonds. The SMILES string of the molecule is CC(C)CN(CCCCC(C)(C#N)NC(C)C)C(C)C. The average Bonchev–Trinajstić information content (AvgIpc) is 2.31. The second-order valence-corrected chi connectivity index (χ2v) is 7.18. The summed E-state index contributed by atoms with van der Waals surface area (Å²) < 4.78 is 0. The Labute approximate surface area is 126 Å². The van der Waals surface area contributed by atoms with Crippen molar-refractivity contribution >= 4 is 0 Å². The summed E-state index contributed by atoms with van der Waals surface area (Å²) in [6.45, 7) is 17.6. The lowest BCUT2D eigenvalue weighted by Gasteiger charge is -2.29. The average molecular weight is 281 g/mol. The number of rotatable bonds is 10. The van der Waals surface area contributed by atoms with Gasteiger partial charge in [-0.1, -0.05) is 13.8 Å². The molecule has 0 heterocycles. The minimum Gasteiger partial charge on any atom is -0.301 e. The summed E-state index contributed by atoms with van der Waals surface area (Å²) in [6.07, 6.45) is 3.20. The minimum atomic E-state index is -0.380. The summed E-state index contributed by atoms with van der Waals surface area (Å²) in [4.78, 5) is 2.55. The van der Waals surface area contributed by atoms with Gasteiger partial charge < -0.3 is 4.90 Å². The number of unbranched alkanes of at least 4 members (excludes halogenated alkanes) is 1. The Hall–Kier alpha value is -0.590. The molecule has 0 spiro atoms. The van der Waals surface area contributed by atoms with Crippen molar-refractivity contribution in [1.29, 1.82) is 5.26 Å². The van der Waals surface area contributed by atoms with E-state index in [0.717, 1.165) is 25.9 Å². The van der Waals surface area contributed by atoms with Crippen molar-refractivity contribution in [1.82, 2.24) is 10.2 Å². The predicted octanol–water partition coefficient (Wildman–Crippen LogP) is 3.80. The number of nitriles is 1. The smallest absolute Gasteiger partial charge is 0.104 e. The van der Waals surface area contributed by atoms with Crippen molar-refractivity contribution in [3.8, 4) is 6.07 Å². The van der Waals surface area contributed by atoms with Gasteiger partial charge in [0, 0.05) is 18.6 Å². The van der Waals surface area contributed by atoms with Gasteiger partial charge in [-0.15, -0.1) is 0 Å². The maximum atomic E-state index is 9.33. The van der Waals surface area contributed by atoms with Crippen LogP contribution in [-0.2, 0) is 0 Å². The molecule has 118 valence electrons. The third kappa shape index (κ3) is 8.55.